The molecule has 0 saturated carbocycles. The van der Waals surface area contributed by atoms with Crippen molar-refractivity contribution in [1.82, 2.24) is 0 Å². The van der Waals surface area contributed by atoms with Crippen LogP contribution in [0.5, 0.6) is 0 Å². The van der Waals surface area contributed by atoms with E-state index >= 15 is 0 Å². The summed E-state index contributed by atoms with van der Waals surface area (Å²) in [5, 5.41) is 8.51. The molecule has 1 aliphatic rings. The second-order valence-corrected chi connectivity index (χ2v) is 7.05. The predicted octanol–water partition coefficient (Wildman–Crippen LogP) is 6.91. The Labute approximate surface area is 156 Å². The van der Waals surface area contributed by atoms with Crippen LogP contribution in [-0.2, 0) is 9.53 Å². The lowest BCUT2D eigenvalue weighted by Gasteiger charge is -1.99. The van der Waals surface area contributed by atoms with Gasteiger partial charge in [-0.1, -0.05) is 70.4 Å². The lowest BCUT2D eigenvalue weighted by atomic mass is 10.1. The smallest absolute Gasteiger partial charge is 0.303 e. The number of allylic oxidation sites excluding steroid dienone is 2. The lowest BCUT2D eigenvalue weighted by molar-refractivity contribution is -0.137. The van der Waals surface area contributed by atoms with Crippen molar-refractivity contribution in [3.8, 4) is 0 Å². The molecule has 0 atom stereocenters. The number of hydrogen-bond donors (Lipinski definition) is 1. The van der Waals surface area contributed by atoms with E-state index < -0.39 is 5.97 Å². The molecule has 1 aliphatic heterocycles. The van der Waals surface area contributed by atoms with Crippen LogP contribution in [0.15, 0.2) is 12.2 Å². The summed E-state index contributed by atoms with van der Waals surface area (Å²) in [7, 11) is 0. The quantitative estimate of drug-likeness (QED) is 0.257. The highest BCUT2D eigenvalue weighted by molar-refractivity contribution is 5.66. The van der Waals surface area contributed by atoms with Gasteiger partial charge in [0.15, 0.2) is 0 Å². The Morgan fingerprint density at radius 3 is 1.72 bits per heavy atom. The van der Waals surface area contributed by atoms with Crippen LogP contribution in [0.25, 0.3) is 0 Å². The van der Waals surface area contributed by atoms with Crippen LogP contribution in [0.1, 0.15) is 110 Å². The van der Waals surface area contributed by atoms with E-state index in [1.807, 2.05) is 0 Å². The molecule has 3 heteroatoms. The van der Waals surface area contributed by atoms with Crippen LogP contribution >= 0.6 is 0 Å². The van der Waals surface area contributed by atoms with E-state index in [1.165, 1.54) is 83.5 Å². The summed E-state index contributed by atoms with van der Waals surface area (Å²) in [6, 6.07) is 0. The van der Waals surface area contributed by atoms with E-state index in [1.54, 1.807) is 0 Å². The first kappa shape index (κ1) is 24.2. The number of carboxylic acids is 1. The molecule has 0 aromatic carbocycles. The molecule has 0 spiro atoms. The van der Waals surface area contributed by atoms with Crippen molar-refractivity contribution in [2.24, 2.45) is 0 Å². The van der Waals surface area contributed by atoms with Gasteiger partial charge in [0, 0.05) is 19.6 Å². The Kier molecular flexibility index (Phi) is 20.5. The number of ether oxygens (including phenoxy) is 1. The van der Waals surface area contributed by atoms with E-state index in [4.69, 9.17) is 9.84 Å². The van der Waals surface area contributed by atoms with Gasteiger partial charge >= 0.3 is 5.97 Å². The number of unbranched alkanes of at least 4 members (excludes halogenated alkanes) is 11. The van der Waals surface area contributed by atoms with Crippen LogP contribution in [-0.4, -0.2) is 24.3 Å². The molecule has 0 aliphatic carbocycles. The number of carboxylic acid groups (broad SMARTS) is 1. The van der Waals surface area contributed by atoms with Gasteiger partial charge in [0.25, 0.3) is 0 Å². The van der Waals surface area contributed by atoms with E-state index in [0.29, 0.717) is 6.42 Å². The fourth-order valence-electron chi connectivity index (χ4n) is 2.86. The molecule has 0 amide bonds. The molecule has 0 aromatic heterocycles. The monoisotopic (exact) mass is 354 g/mol. The van der Waals surface area contributed by atoms with E-state index in [0.717, 1.165) is 26.1 Å². The number of carbonyl (C=O) groups is 1. The highest BCUT2D eigenvalue weighted by Crippen LogP contribution is 2.09. The second kappa shape index (κ2) is 21.2. The second-order valence-electron chi connectivity index (χ2n) is 7.05. The van der Waals surface area contributed by atoms with E-state index in [9.17, 15) is 4.79 Å². The maximum absolute atomic E-state index is 10.3. The predicted molar refractivity (Wildman–Crippen MR) is 107 cm³/mol. The highest BCUT2D eigenvalue weighted by Gasteiger charge is 1.96. The summed E-state index contributed by atoms with van der Waals surface area (Å²) >= 11 is 0. The summed E-state index contributed by atoms with van der Waals surface area (Å²) in [5.74, 6) is -0.664. The van der Waals surface area contributed by atoms with Gasteiger partial charge in [-0.25, -0.2) is 0 Å². The van der Waals surface area contributed by atoms with Gasteiger partial charge in [-0.2, -0.15) is 0 Å². The molecule has 1 rings (SSSR count). The van der Waals surface area contributed by atoms with Gasteiger partial charge in [-0.15, -0.1) is 0 Å². The minimum absolute atomic E-state index is 0.332. The number of hydrogen-bond acceptors (Lipinski definition) is 2. The molecular formula is C22H42O3. The normalized spacial score (nSPS) is 13.8. The average molecular weight is 355 g/mol. The van der Waals surface area contributed by atoms with Crippen LogP contribution in [0, 0.1) is 0 Å². The summed E-state index contributed by atoms with van der Waals surface area (Å²) < 4.78 is 4.94. The summed E-state index contributed by atoms with van der Waals surface area (Å²) in [6.07, 6.45) is 23.8. The third-order valence-corrected chi connectivity index (χ3v) is 4.48. The van der Waals surface area contributed by atoms with Gasteiger partial charge in [-0.3, -0.25) is 4.79 Å². The Bertz CT molecular complexity index is 288. The number of aliphatic carboxylic acids is 1. The summed E-state index contributed by atoms with van der Waals surface area (Å²) in [4.78, 5) is 10.3. The van der Waals surface area contributed by atoms with Crippen molar-refractivity contribution in [2.75, 3.05) is 13.2 Å². The maximum Gasteiger partial charge on any atom is 0.303 e. The van der Waals surface area contributed by atoms with Gasteiger partial charge in [0.2, 0.25) is 0 Å². The number of rotatable bonds is 15. The molecule has 25 heavy (non-hydrogen) atoms. The van der Waals surface area contributed by atoms with Crippen molar-refractivity contribution in [3.63, 3.8) is 0 Å². The van der Waals surface area contributed by atoms with Gasteiger partial charge < -0.3 is 9.84 Å². The SMILES string of the molecule is C1CCOC1.CCCCCCCCC=CCCCCCCCC(=O)O. The van der Waals surface area contributed by atoms with Crippen molar-refractivity contribution in [3.05, 3.63) is 12.2 Å². The Morgan fingerprint density at radius 1 is 0.800 bits per heavy atom. The molecule has 3 nitrogen and oxygen atoms in total. The van der Waals surface area contributed by atoms with E-state index in [2.05, 4.69) is 19.1 Å². The first-order valence-corrected chi connectivity index (χ1v) is 10.7. The topological polar surface area (TPSA) is 46.5 Å². The van der Waals surface area contributed by atoms with E-state index in [-0.39, 0.29) is 0 Å². The fourth-order valence-corrected chi connectivity index (χ4v) is 2.86. The maximum atomic E-state index is 10.3. The molecule has 0 bridgehead atoms. The fraction of sp³-hybridized carbons (Fsp3) is 0.864. The molecule has 1 N–H and O–H groups in total. The third-order valence-electron chi connectivity index (χ3n) is 4.48. The summed E-state index contributed by atoms with van der Waals surface area (Å²) in [6.45, 7) is 4.26. The van der Waals surface area contributed by atoms with Crippen molar-refractivity contribution in [2.45, 2.75) is 110 Å². The zero-order valence-corrected chi connectivity index (χ0v) is 16.6. The Balaban J connectivity index is 0.000000972. The minimum Gasteiger partial charge on any atom is -0.481 e. The average Bonchev–Trinajstić information content (AvgIpc) is 3.18. The van der Waals surface area contributed by atoms with Gasteiger partial charge in [0.1, 0.15) is 0 Å². The Morgan fingerprint density at radius 2 is 1.28 bits per heavy atom. The van der Waals surface area contributed by atoms with Crippen molar-refractivity contribution in [1.29, 1.82) is 0 Å². The van der Waals surface area contributed by atoms with Crippen LogP contribution in [0.4, 0.5) is 0 Å². The first-order chi connectivity index (χ1) is 12.3. The lowest BCUT2D eigenvalue weighted by Crippen LogP contribution is -1.93. The van der Waals surface area contributed by atoms with Gasteiger partial charge in [-0.05, 0) is 44.9 Å². The Hall–Kier alpha value is -0.830. The molecular weight excluding hydrogens is 312 g/mol. The van der Waals surface area contributed by atoms with Gasteiger partial charge in [0.05, 0.1) is 0 Å². The largest absolute Gasteiger partial charge is 0.481 e. The zero-order valence-electron chi connectivity index (χ0n) is 16.6. The van der Waals surface area contributed by atoms with Crippen molar-refractivity contribution < 1.29 is 14.6 Å². The standard InChI is InChI=1S/C18H34O2.C4H8O/c1-2-3-4-5-6-7-8-9-10-11-12-13-14-15-16-17-18(19)20;1-2-4-5-3-1/h9-10H,2-8,11-17H2,1H3,(H,19,20);1-4H2. The first-order valence-electron chi connectivity index (χ1n) is 10.7. The zero-order chi connectivity index (χ0) is 18.4. The molecule has 1 fully saturated rings. The molecule has 1 saturated heterocycles. The van der Waals surface area contributed by atoms with Crippen molar-refractivity contribution >= 4 is 5.97 Å². The van der Waals surface area contributed by atoms with Crippen LogP contribution in [0.2, 0.25) is 0 Å². The molecule has 1 heterocycles. The van der Waals surface area contributed by atoms with Crippen LogP contribution < -0.4 is 0 Å². The molecule has 0 radical (unpaired) electrons. The third kappa shape index (κ3) is 23.2. The molecule has 0 aromatic rings. The molecule has 148 valence electrons. The minimum atomic E-state index is -0.664. The van der Waals surface area contributed by atoms with Crippen LogP contribution in [0.3, 0.4) is 0 Å². The highest BCUT2D eigenvalue weighted by atomic mass is 16.5. The summed E-state index contributed by atoms with van der Waals surface area (Å²) in [5.41, 5.74) is 0. The molecule has 0 unspecified atom stereocenters.